The van der Waals surface area contributed by atoms with E-state index >= 15 is 0 Å². The van der Waals surface area contributed by atoms with Crippen LogP contribution in [0.4, 0.5) is 5.69 Å². The van der Waals surface area contributed by atoms with Crippen molar-refractivity contribution in [3.63, 3.8) is 0 Å². The van der Waals surface area contributed by atoms with Gasteiger partial charge >= 0.3 is 0 Å². The lowest BCUT2D eigenvalue weighted by Gasteiger charge is -2.26. The quantitative estimate of drug-likeness (QED) is 0.610. The maximum atomic E-state index is 12.9. The molecule has 29 heavy (non-hydrogen) atoms. The smallest absolute Gasteiger partial charge is 0.260 e. The van der Waals surface area contributed by atoms with Crippen molar-refractivity contribution < 1.29 is 19.1 Å². The van der Waals surface area contributed by atoms with Crippen LogP contribution in [0.5, 0.6) is 5.75 Å². The summed E-state index contributed by atoms with van der Waals surface area (Å²) >= 11 is 0. The number of hydrogen-bond donors (Lipinski definition) is 0. The van der Waals surface area contributed by atoms with E-state index in [9.17, 15) is 9.59 Å². The number of nitrogens with zero attached hydrogens (tertiary/aromatic N) is 2. The van der Waals surface area contributed by atoms with Crippen LogP contribution in [0.2, 0.25) is 0 Å². The minimum Gasteiger partial charge on any atom is -0.484 e. The van der Waals surface area contributed by atoms with Gasteiger partial charge in [-0.25, -0.2) is 0 Å². The zero-order valence-electron chi connectivity index (χ0n) is 17.0. The first-order chi connectivity index (χ1) is 14.0. The SMILES string of the molecule is CN(C)c1ccc(CN(CC2CCCO2)C(=O)COc2ccc(C=O)cc2)cc1. The molecule has 0 N–H and O–H groups in total. The van der Waals surface area contributed by atoms with Crippen molar-refractivity contribution in [2.45, 2.75) is 25.5 Å². The van der Waals surface area contributed by atoms with Gasteiger partial charge in [0.05, 0.1) is 6.10 Å². The Hall–Kier alpha value is -2.86. The minimum atomic E-state index is -0.0864. The molecule has 3 rings (SSSR count). The van der Waals surface area contributed by atoms with Gasteiger partial charge in [0.15, 0.2) is 6.61 Å². The molecule has 0 aliphatic carbocycles. The zero-order chi connectivity index (χ0) is 20.6. The molecular formula is C23H28N2O4. The molecule has 0 spiro atoms. The highest BCUT2D eigenvalue weighted by atomic mass is 16.5. The first-order valence-electron chi connectivity index (χ1n) is 9.89. The Bertz CT molecular complexity index is 797. The average molecular weight is 396 g/mol. The van der Waals surface area contributed by atoms with E-state index in [4.69, 9.17) is 9.47 Å². The van der Waals surface area contributed by atoms with Crippen molar-refractivity contribution >= 4 is 17.9 Å². The Labute approximate surface area is 172 Å². The number of amides is 1. The van der Waals surface area contributed by atoms with Gasteiger partial charge in [-0.2, -0.15) is 0 Å². The van der Waals surface area contributed by atoms with E-state index < -0.39 is 0 Å². The van der Waals surface area contributed by atoms with E-state index in [1.165, 1.54) is 0 Å². The topological polar surface area (TPSA) is 59.1 Å². The van der Waals surface area contributed by atoms with Gasteiger partial charge < -0.3 is 19.3 Å². The third-order valence-electron chi connectivity index (χ3n) is 5.01. The number of anilines is 1. The largest absolute Gasteiger partial charge is 0.484 e. The lowest BCUT2D eigenvalue weighted by atomic mass is 10.1. The van der Waals surface area contributed by atoms with Crippen molar-refractivity contribution in [2.75, 3.05) is 38.8 Å². The summed E-state index contributed by atoms with van der Waals surface area (Å²) in [5, 5.41) is 0. The van der Waals surface area contributed by atoms with Crippen molar-refractivity contribution in [1.82, 2.24) is 4.90 Å². The van der Waals surface area contributed by atoms with Crippen LogP contribution in [-0.2, 0) is 16.1 Å². The van der Waals surface area contributed by atoms with Crippen LogP contribution in [0.1, 0.15) is 28.8 Å². The predicted molar refractivity (Wildman–Crippen MR) is 112 cm³/mol. The van der Waals surface area contributed by atoms with Gasteiger partial charge in [0.25, 0.3) is 5.91 Å². The Morgan fingerprint density at radius 3 is 2.45 bits per heavy atom. The molecule has 1 atom stereocenters. The molecule has 1 fully saturated rings. The summed E-state index contributed by atoms with van der Waals surface area (Å²) in [6.07, 6.45) is 2.85. The molecule has 2 aromatic carbocycles. The lowest BCUT2D eigenvalue weighted by molar-refractivity contribution is -0.135. The fourth-order valence-electron chi connectivity index (χ4n) is 3.29. The Morgan fingerprint density at radius 2 is 1.86 bits per heavy atom. The highest BCUT2D eigenvalue weighted by molar-refractivity contribution is 5.78. The molecule has 6 nitrogen and oxygen atoms in total. The highest BCUT2D eigenvalue weighted by Crippen LogP contribution is 2.18. The molecule has 1 saturated heterocycles. The Kier molecular flexibility index (Phi) is 7.25. The van der Waals surface area contributed by atoms with Crippen LogP contribution in [0.3, 0.4) is 0 Å². The second kappa shape index (κ2) is 10.1. The molecule has 1 aliphatic heterocycles. The van der Waals surface area contributed by atoms with Gasteiger partial charge in [-0.15, -0.1) is 0 Å². The summed E-state index contributed by atoms with van der Waals surface area (Å²) in [4.78, 5) is 27.5. The summed E-state index contributed by atoms with van der Waals surface area (Å²) in [6.45, 7) is 1.77. The number of hydrogen-bond acceptors (Lipinski definition) is 5. The number of rotatable bonds is 9. The average Bonchev–Trinajstić information content (AvgIpc) is 3.25. The molecule has 0 aromatic heterocycles. The Morgan fingerprint density at radius 1 is 1.14 bits per heavy atom. The van der Waals surface area contributed by atoms with Gasteiger partial charge in [0.2, 0.25) is 0 Å². The van der Waals surface area contributed by atoms with E-state index in [2.05, 4.69) is 12.1 Å². The molecule has 6 heteroatoms. The molecule has 2 aromatic rings. The van der Waals surface area contributed by atoms with Gasteiger partial charge in [0.1, 0.15) is 12.0 Å². The predicted octanol–water partition coefficient (Wildman–Crippen LogP) is 3.15. The number of carbonyl (C=O) groups excluding carboxylic acids is 2. The van der Waals surface area contributed by atoms with Crippen LogP contribution in [-0.4, -0.2) is 57.1 Å². The highest BCUT2D eigenvalue weighted by Gasteiger charge is 2.23. The third-order valence-corrected chi connectivity index (χ3v) is 5.01. The fourth-order valence-corrected chi connectivity index (χ4v) is 3.29. The van der Waals surface area contributed by atoms with Crippen LogP contribution in [0, 0.1) is 0 Å². The van der Waals surface area contributed by atoms with Crippen LogP contribution < -0.4 is 9.64 Å². The Balaban J connectivity index is 1.64. The van der Waals surface area contributed by atoms with Gasteiger partial charge in [-0.05, 0) is 54.8 Å². The summed E-state index contributed by atoms with van der Waals surface area (Å²) < 4.78 is 11.4. The zero-order valence-corrected chi connectivity index (χ0v) is 17.0. The molecule has 1 heterocycles. The molecule has 0 saturated carbocycles. The van der Waals surface area contributed by atoms with Crippen molar-refractivity contribution in [3.05, 3.63) is 59.7 Å². The van der Waals surface area contributed by atoms with Gasteiger partial charge in [-0.1, -0.05) is 12.1 Å². The summed E-state index contributed by atoms with van der Waals surface area (Å²) in [5.74, 6) is 0.480. The van der Waals surface area contributed by atoms with E-state index in [-0.39, 0.29) is 18.6 Å². The minimum absolute atomic E-state index is 0.0526. The fraction of sp³-hybridized carbons (Fsp3) is 0.391. The maximum Gasteiger partial charge on any atom is 0.260 e. The van der Waals surface area contributed by atoms with Crippen molar-refractivity contribution in [2.24, 2.45) is 0 Å². The lowest BCUT2D eigenvalue weighted by Crippen LogP contribution is -2.39. The summed E-state index contributed by atoms with van der Waals surface area (Å²) in [6, 6.07) is 14.9. The van der Waals surface area contributed by atoms with Gasteiger partial charge in [-0.3, -0.25) is 9.59 Å². The van der Waals surface area contributed by atoms with Crippen molar-refractivity contribution in [3.8, 4) is 5.75 Å². The molecule has 1 aliphatic rings. The molecule has 1 unspecified atom stereocenters. The third kappa shape index (κ3) is 6.06. The van der Waals surface area contributed by atoms with Crippen LogP contribution >= 0.6 is 0 Å². The molecule has 1 amide bonds. The number of carbonyl (C=O) groups is 2. The first kappa shape index (κ1) is 20.9. The summed E-state index contributed by atoms with van der Waals surface area (Å²) in [7, 11) is 4.00. The number of ether oxygens (including phenoxy) is 2. The van der Waals surface area contributed by atoms with Gasteiger partial charge in [0, 0.05) is 45.0 Å². The van der Waals surface area contributed by atoms with Crippen LogP contribution in [0.25, 0.3) is 0 Å². The number of benzene rings is 2. The van der Waals surface area contributed by atoms with Crippen molar-refractivity contribution in [1.29, 1.82) is 0 Å². The van der Waals surface area contributed by atoms with E-state index in [0.29, 0.717) is 24.4 Å². The molecule has 0 bridgehead atoms. The normalized spacial score (nSPS) is 15.7. The molecule has 0 radical (unpaired) electrons. The monoisotopic (exact) mass is 396 g/mol. The summed E-state index contributed by atoms with van der Waals surface area (Å²) in [5.41, 5.74) is 2.76. The maximum absolute atomic E-state index is 12.9. The standard InChI is InChI=1S/C23H28N2O4/c1-24(2)20-9-5-18(6-10-20)14-25(15-22-4-3-13-28-22)23(27)17-29-21-11-7-19(16-26)8-12-21/h5-12,16,22H,3-4,13-15,17H2,1-2H3. The second-order valence-corrected chi connectivity index (χ2v) is 7.45. The molecule has 154 valence electrons. The second-order valence-electron chi connectivity index (χ2n) is 7.45. The van der Waals surface area contributed by atoms with E-state index in [1.807, 2.05) is 31.1 Å². The number of aldehydes is 1. The first-order valence-corrected chi connectivity index (χ1v) is 9.89. The van der Waals surface area contributed by atoms with Crippen LogP contribution in [0.15, 0.2) is 48.5 Å². The van der Waals surface area contributed by atoms with E-state index in [0.717, 1.165) is 37.0 Å². The van der Waals surface area contributed by atoms with E-state index in [1.54, 1.807) is 29.2 Å². The molecular weight excluding hydrogens is 368 g/mol.